The Labute approximate surface area is 79.0 Å². The average Bonchev–Trinajstić information content (AvgIpc) is 2.10. The topological polar surface area (TPSA) is 23.8 Å². The average molecular weight is 169 g/mol. The highest BCUT2D eigenvalue weighted by molar-refractivity contribution is 5.46. The summed E-state index contributed by atoms with van der Waals surface area (Å²) >= 11 is 0. The Hall–Kier alpha value is -1.73. The second-order valence-corrected chi connectivity index (χ2v) is 2.90. The zero-order chi connectivity index (χ0) is 9.68. The van der Waals surface area contributed by atoms with Gasteiger partial charge in [-0.2, -0.15) is 5.26 Å². The smallest absolute Gasteiger partial charge is 0.0966 e. The van der Waals surface area contributed by atoms with Crippen LogP contribution in [0.1, 0.15) is 23.1 Å². The van der Waals surface area contributed by atoms with Gasteiger partial charge in [0, 0.05) is 5.56 Å². The summed E-state index contributed by atoms with van der Waals surface area (Å²) < 4.78 is 0. The SMILES string of the molecule is Cc1cccc(C)c1C#CCC#N. The number of hydrogen-bond donors (Lipinski definition) is 0. The maximum absolute atomic E-state index is 8.33. The number of benzene rings is 1. The Morgan fingerprint density at radius 1 is 1.23 bits per heavy atom. The molecule has 0 radical (unpaired) electrons. The Bertz CT molecular complexity index is 379. The van der Waals surface area contributed by atoms with Gasteiger partial charge in [0.15, 0.2) is 0 Å². The fourth-order valence-electron chi connectivity index (χ4n) is 1.18. The molecule has 1 rings (SSSR count). The molecule has 1 nitrogen and oxygen atoms in total. The molecule has 64 valence electrons. The second-order valence-electron chi connectivity index (χ2n) is 2.90. The first-order valence-corrected chi connectivity index (χ1v) is 4.17. The number of hydrogen-bond acceptors (Lipinski definition) is 1. The van der Waals surface area contributed by atoms with Crippen LogP contribution in [-0.2, 0) is 0 Å². The summed E-state index contributed by atoms with van der Waals surface area (Å²) in [5.74, 6) is 5.83. The van der Waals surface area contributed by atoms with Gasteiger partial charge in [0.05, 0.1) is 12.5 Å². The molecule has 0 aliphatic carbocycles. The van der Waals surface area contributed by atoms with Crippen LogP contribution in [0.25, 0.3) is 0 Å². The van der Waals surface area contributed by atoms with E-state index in [1.807, 2.05) is 38.1 Å². The van der Waals surface area contributed by atoms with E-state index in [-0.39, 0.29) is 0 Å². The van der Waals surface area contributed by atoms with Gasteiger partial charge in [-0.1, -0.05) is 30.0 Å². The van der Waals surface area contributed by atoms with E-state index in [2.05, 4.69) is 11.8 Å². The predicted molar refractivity (Wildman–Crippen MR) is 53.0 cm³/mol. The fraction of sp³-hybridized carbons (Fsp3) is 0.250. The lowest BCUT2D eigenvalue weighted by molar-refractivity contribution is 1.34. The molecule has 1 aromatic carbocycles. The van der Waals surface area contributed by atoms with Crippen LogP contribution in [0.2, 0.25) is 0 Å². The largest absolute Gasteiger partial charge is 0.197 e. The van der Waals surface area contributed by atoms with Crippen molar-refractivity contribution in [2.24, 2.45) is 0 Å². The van der Waals surface area contributed by atoms with Crippen molar-refractivity contribution in [2.75, 3.05) is 0 Å². The van der Waals surface area contributed by atoms with Crippen molar-refractivity contribution in [1.29, 1.82) is 5.26 Å². The molecular weight excluding hydrogens is 158 g/mol. The first-order chi connectivity index (χ1) is 6.25. The maximum atomic E-state index is 8.33. The summed E-state index contributed by atoms with van der Waals surface area (Å²) in [6.07, 6.45) is 0.299. The van der Waals surface area contributed by atoms with Gasteiger partial charge in [-0.25, -0.2) is 0 Å². The van der Waals surface area contributed by atoms with Crippen LogP contribution in [0.4, 0.5) is 0 Å². The molecule has 0 N–H and O–H groups in total. The molecule has 0 saturated heterocycles. The van der Waals surface area contributed by atoms with Crippen molar-refractivity contribution >= 4 is 0 Å². The number of rotatable bonds is 0. The molecule has 0 amide bonds. The van der Waals surface area contributed by atoms with Crippen molar-refractivity contribution in [1.82, 2.24) is 0 Å². The molecule has 0 saturated carbocycles. The van der Waals surface area contributed by atoms with Crippen molar-refractivity contribution in [3.63, 3.8) is 0 Å². The van der Waals surface area contributed by atoms with Crippen LogP contribution in [0, 0.1) is 37.0 Å². The molecule has 0 aromatic heterocycles. The molecule has 0 unspecified atom stereocenters. The van der Waals surface area contributed by atoms with Gasteiger partial charge in [0.2, 0.25) is 0 Å². The first kappa shape index (κ1) is 9.36. The molecule has 0 heterocycles. The normalized spacial score (nSPS) is 8.38. The zero-order valence-corrected chi connectivity index (χ0v) is 7.89. The van der Waals surface area contributed by atoms with E-state index in [0.29, 0.717) is 6.42 Å². The molecule has 1 heteroatoms. The molecule has 13 heavy (non-hydrogen) atoms. The standard InChI is InChI=1S/C12H11N/c1-10-6-5-7-11(2)12(10)8-3-4-9-13/h5-7H,4H2,1-2H3. The van der Waals surface area contributed by atoms with E-state index in [1.165, 1.54) is 11.1 Å². The van der Waals surface area contributed by atoms with Crippen LogP contribution in [0.15, 0.2) is 18.2 Å². The van der Waals surface area contributed by atoms with Crippen LogP contribution < -0.4 is 0 Å². The lowest BCUT2D eigenvalue weighted by Crippen LogP contribution is -1.86. The van der Waals surface area contributed by atoms with Crippen LogP contribution in [0.3, 0.4) is 0 Å². The van der Waals surface area contributed by atoms with Gasteiger partial charge in [0.1, 0.15) is 0 Å². The van der Waals surface area contributed by atoms with Gasteiger partial charge in [0.25, 0.3) is 0 Å². The highest BCUT2D eigenvalue weighted by atomic mass is 14.2. The summed E-state index contributed by atoms with van der Waals surface area (Å²) in [4.78, 5) is 0. The van der Waals surface area contributed by atoms with Gasteiger partial charge >= 0.3 is 0 Å². The zero-order valence-electron chi connectivity index (χ0n) is 7.89. The summed E-state index contributed by atoms with van der Waals surface area (Å²) in [6.45, 7) is 4.06. The van der Waals surface area contributed by atoms with Crippen LogP contribution >= 0.6 is 0 Å². The minimum atomic E-state index is 0.299. The highest BCUT2D eigenvalue weighted by Crippen LogP contribution is 2.11. The Morgan fingerprint density at radius 3 is 2.38 bits per heavy atom. The van der Waals surface area contributed by atoms with E-state index in [1.54, 1.807) is 0 Å². The molecule has 1 aromatic rings. The van der Waals surface area contributed by atoms with E-state index >= 15 is 0 Å². The van der Waals surface area contributed by atoms with Gasteiger partial charge in [-0.05, 0) is 25.0 Å². The molecule has 0 fully saturated rings. The lowest BCUT2D eigenvalue weighted by Gasteiger charge is -2.00. The number of aryl methyl sites for hydroxylation is 2. The molecule has 0 spiro atoms. The molecule has 0 atom stereocenters. The summed E-state index contributed by atoms with van der Waals surface area (Å²) in [5, 5.41) is 8.33. The van der Waals surface area contributed by atoms with Crippen molar-refractivity contribution in [2.45, 2.75) is 20.3 Å². The molecule has 0 aliphatic rings. The lowest BCUT2D eigenvalue weighted by atomic mass is 10.0. The van der Waals surface area contributed by atoms with Crippen molar-refractivity contribution in [3.8, 4) is 17.9 Å². The minimum Gasteiger partial charge on any atom is -0.197 e. The van der Waals surface area contributed by atoms with Crippen molar-refractivity contribution < 1.29 is 0 Å². The van der Waals surface area contributed by atoms with Crippen molar-refractivity contribution in [3.05, 3.63) is 34.9 Å². The Morgan fingerprint density at radius 2 is 1.85 bits per heavy atom. The van der Waals surface area contributed by atoms with E-state index < -0.39 is 0 Å². The van der Waals surface area contributed by atoms with Crippen LogP contribution in [0.5, 0.6) is 0 Å². The van der Waals surface area contributed by atoms with E-state index in [0.717, 1.165) is 5.56 Å². The summed E-state index contributed by atoms with van der Waals surface area (Å²) in [5.41, 5.74) is 3.40. The highest BCUT2D eigenvalue weighted by Gasteiger charge is 1.96. The fourth-order valence-corrected chi connectivity index (χ4v) is 1.18. The van der Waals surface area contributed by atoms with Gasteiger partial charge < -0.3 is 0 Å². The summed E-state index contributed by atoms with van der Waals surface area (Å²) in [6, 6.07) is 8.08. The Balaban J connectivity index is 3.03. The van der Waals surface area contributed by atoms with E-state index in [4.69, 9.17) is 5.26 Å². The third kappa shape index (κ3) is 2.36. The third-order valence-electron chi connectivity index (χ3n) is 1.86. The van der Waals surface area contributed by atoms with E-state index in [9.17, 15) is 0 Å². The maximum Gasteiger partial charge on any atom is 0.0966 e. The van der Waals surface area contributed by atoms with Crippen LogP contribution in [-0.4, -0.2) is 0 Å². The van der Waals surface area contributed by atoms with Gasteiger partial charge in [-0.3, -0.25) is 0 Å². The molecule has 0 aliphatic heterocycles. The second kappa shape index (κ2) is 4.33. The predicted octanol–water partition coefficient (Wildman–Crippen LogP) is 2.57. The quantitative estimate of drug-likeness (QED) is 0.547. The Kier molecular flexibility index (Phi) is 3.12. The van der Waals surface area contributed by atoms with Gasteiger partial charge in [-0.15, -0.1) is 0 Å². The first-order valence-electron chi connectivity index (χ1n) is 4.17. The monoisotopic (exact) mass is 169 g/mol. The summed E-state index contributed by atoms with van der Waals surface area (Å²) in [7, 11) is 0. The number of nitrogens with zero attached hydrogens (tertiary/aromatic N) is 1. The third-order valence-corrected chi connectivity index (χ3v) is 1.86. The minimum absolute atomic E-state index is 0.299. The molecular formula is C12H11N. The molecule has 0 bridgehead atoms. The number of nitriles is 1.